The van der Waals surface area contributed by atoms with Gasteiger partial charge in [-0.25, -0.2) is 4.98 Å². The molecule has 4 aromatic rings. The van der Waals surface area contributed by atoms with Crippen molar-refractivity contribution in [3.63, 3.8) is 0 Å². The van der Waals surface area contributed by atoms with Crippen molar-refractivity contribution in [1.82, 2.24) is 19.2 Å². The van der Waals surface area contributed by atoms with Crippen LogP contribution in [0.4, 0.5) is 5.82 Å². The predicted molar refractivity (Wildman–Crippen MR) is 170 cm³/mol. The number of carbonyl (C=O) groups excluding carboxylic acids is 1. The van der Waals surface area contributed by atoms with Crippen molar-refractivity contribution in [3.05, 3.63) is 117 Å². The minimum Gasteiger partial charge on any atom is -0.353 e. The van der Waals surface area contributed by atoms with E-state index in [0.717, 1.165) is 43.9 Å². The summed E-state index contributed by atoms with van der Waals surface area (Å²) < 4.78 is 2.09. The molecule has 7 nitrogen and oxygen atoms in total. The fourth-order valence-electron chi connectivity index (χ4n) is 5.28. The molecular weight excluding hydrogens is 551 g/mol. The minimum absolute atomic E-state index is 0.164. The summed E-state index contributed by atoms with van der Waals surface area (Å²) in [6.07, 6.45) is 4.21. The van der Waals surface area contributed by atoms with Crippen LogP contribution in [-0.2, 0) is 17.8 Å². The zero-order valence-electron chi connectivity index (χ0n) is 22.9. The molecular formula is C32H31N5O2S2. The lowest BCUT2D eigenvalue weighted by molar-refractivity contribution is -0.122. The molecule has 2 aromatic heterocycles. The van der Waals surface area contributed by atoms with Crippen molar-refractivity contribution in [2.75, 3.05) is 37.6 Å². The van der Waals surface area contributed by atoms with Crippen LogP contribution in [0.2, 0.25) is 0 Å². The highest BCUT2D eigenvalue weighted by Gasteiger charge is 2.33. The third-order valence-corrected chi connectivity index (χ3v) is 8.90. The molecule has 0 aliphatic carbocycles. The van der Waals surface area contributed by atoms with E-state index in [4.69, 9.17) is 17.2 Å². The fourth-order valence-corrected chi connectivity index (χ4v) is 6.57. The Kier molecular flexibility index (Phi) is 8.00. The highest BCUT2D eigenvalue weighted by molar-refractivity contribution is 8.26. The molecule has 4 heterocycles. The molecule has 2 aliphatic heterocycles. The number of hydrogen-bond acceptors (Lipinski definition) is 7. The fraction of sp³-hybridized carbons (Fsp3) is 0.250. The van der Waals surface area contributed by atoms with Crippen molar-refractivity contribution in [2.24, 2.45) is 0 Å². The predicted octanol–water partition coefficient (Wildman–Crippen LogP) is 4.77. The molecule has 2 aliphatic rings. The number of hydrogen-bond donors (Lipinski definition) is 0. The lowest BCUT2D eigenvalue weighted by atomic mass is 10.1. The quantitative estimate of drug-likeness (QED) is 0.230. The number of benzene rings is 2. The Balaban J connectivity index is 1.29. The standard InChI is InChI=1S/C32H31N5O2S2/c1-23-12-13-28-33-29(35-18-16-34(17-19-35)22-25-10-6-3-7-11-25)26(30(38)37(28)21-23)20-27-31(39)36(32(40)41-27)15-14-24-8-4-2-5-9-24/h2-13,20-21H,14-19,22H2,1H3/b27-20+. The van der Waals surface area contributed by atoms with E-state index in [0.29, 0.717) is 39.2 Å². The molecule has 0 saturated carbocycles. The van der Waals surface area contributed by atoms with Crippen LogP contribution in [0.1, 0.15) is 22.3 Å². The van der Waals surface area contributed by atoms with Crippen LogP contribution >= 0.6 is 24.0 Å². The van der Waals surface area contributed by atoms with E-state index < -0.39 is 0 Å². The second-order valence-electron chi connectivity index (χ2n) is 10.4. The van der Waals surface area contributed by atoms with Crippen LogP contribution in [0.15, 0.2) is 88.7 Å². The van der Waals surface area contributed by atoms with Gasteiger partial charge >= 0.3 is 0 Å². The summed E-state index contributed by atoms with van der Waals surface area (Å²) in [5.74, 6) is 0.455. The van der Waals surface area contributed by atoms with Gasteiger partial charge in [0.05, 0.1) is 10.5 Å². The number of rotatable bonds is 7. The second-order valence-corrected chi connectivity index (χ2v) is 12.1. The Morgan fingerprint density at radius 3 is 2.29 bits per heavy atom. The number of fused-ring (bicyclic) bond motifs is 1. The van der Waals surface area contributed by atoms with Gasteiger partial charge in [-0.1, -0.05) is 90.7 Å². The first-order chi connectivity index (χ1) is 20.0. The Labute approximate surface area is 249 Å². The number of thiocarbonyl (C=S) groups is 1. The number of amides is 1. The second kappa shape index (κ2) is 12.0. The third-order valence-electron chi connectivity index (χ3n) is 7.52. The van der Waals surface area contributed by atoms with Crippen LogP contribution in [-0.4, -0.2) is 62.1 Å². The van der Waals surface area contributed by atoms with Gasteiger partial charge in [-0.3, -0.25) is 23.8 Å². The van der Waals surface area contributed by atoms with Crippen molar-refractivity contribution in [3.8, 4) is 0 Å². The van der Waals surface area contributed by atoms with Crippen LogP contribution in [0.5, 0.6) is 0 Å². The smallest absolute Gasteiger partial charge is 0.267 e. The van der Waals surface area contributed by atoms with Gasteiger partial charge in [0.1, 0.15) is 15.8 Å². The first kappa shape index (κ1) is 27.4. The average molecular weight is 582 g/mol. The summed E-state index contributed by atoms with van der Waals surface area (Å²) >= 11 is 6.84. The Bertz CT molecular complexity index is 1680. The van der Waals surface area contributed by atoms with Crippen molar-refractivity contribution < 1.29 is 4.79 Å². The molecule has 0 N–H and O–H groups in total. The van der Waals surface area contributed by atoms with Crippen molar-refractivity contribution in [2.45, 2.75) is 19.9 Å². The van der Waals surface area contributed by atoms with E-state index >= 15 is 0 Å². The molecule has 2 saturated heterocycles. The van der Waals surface area contributed by atoms with Gasteiger partial charge in [-0.15, -0.1) is 0 Å². The highest BCUT2D eigenvalue weighted by atomic mass is 32.2. The van der Waals surface area contributed by atoms with E-state index in [-0.39, 0.29) is 11.5 Å². The summed E-state index contributed by atoms with van der Waals surface area (Å²) in [6, 6.07) is 24.3. The summed E-state index contributed by atoms with van der Waals surface area (Å²) in [5, 5.41) is 0. The molecule has 2 aromatic carbocycles. The summed E-state index contributed by atoms with van der Waals surface area (Å²) in [5.41, 5.74) is 4.22. The Morgan fingerprint density at radius 2 is 1.59 bits per heavy atom. The van der Waals surface area contributed by atoms with Gasteiger partial charge in [-0.2, -0.15) is 0 Å². The molecule has 0 unspecified atom stereocenters. The topological polar surface area (TPSA) is 61.2 Å². The van der Waals surface area contributed by atoms with Crippen LogP contribution in [0.3, 0.4) is 0 Å². The van der Waals surface area contributed by atoms with Gasteiger partial charge in [0.2, 0.25) is 0 Å². The number of nitrogens with zero attached hydrogens (tertiary/aromatic N) is 5. The molecule has 2 fully saturated rings. The molecule has 6 rings (SSSR count). The molecule has 9 heteroatoms. The van der Waals surface area contributed by atoms with Crippen LogP contribution < -0.4 is 10.5 Å². The monoisotopic (exact) mass is 581 g/mol. The highest BCUT2D eigenvalue weighted by Crippen LogP contribution is 2.34. The van der Waals surface area contributed by atoms with E-state index in [1.54, 1.807) is 21.6 Å². The van der Waals surface area contributed by atoms with E-state index in [2.05, 4.69) is 34.1 Å². The molecule has 41 heavy (non-hydrogen) atoms. The average Bonchev–Trinajstić information content (AvgIpc) is 3.26. The number of aromatic nitrogens is 2. The maximum absolute atomic E-state index is 13.9. The van der Waals surface area contributed by atoms with Gasteiger partial charge < -0.3 is 4.90 Å². The van der Waals surface area contributed by atoms with Crippen molar-refractivity contribution in [1.29, 1.82) is 0 Å². The lowest BCUT2D eigenvalue weighted by Gasteiger charge is -2.36. The van der Waals surface area contributed by atoms with Gasteiger partial charge in [0.15, 0.2) is 0 Å². The minimum atomic E-state index is -0.185. The van der Waals surface area contributed by atoms with Crippen LogP contribution in [0.25, 0.3) is 11.7 Å². The zero-order chi connectivity index (χ0) is 28.3. The maximum atomic E-state index is 13.9. The maximum Gasteiger partial charge on any atom is 0.267 e. The van der Waals surface area contributed by atoms with Crippen LogP contribution in [0, 0.1) is 6.92 Å². The van der Waals surface area contributed by atoms with E-state index in [9.17, 15) is 9.59 Å². The summed E-state index contributed by atoms with van der Waals surface area (Å²) in [6.45, 7) is 6.51. The van der Waals surface area contributed by atoms with Crippen molar-refractivity contribution >= 4 is 51.7 Å². The first-order valence-electron chi connectivity index (χ1n) is 13.8. The SMILES string of the molecule is Cc1ccc2nc(N3CCN(Cc4ccccc4)CC3)c(/C=C3/SC(=S)N(CCc4ccccc4)C3=O)c(=O)n2c1. The third kappa shape index (κ3) is 5.98. The number of pyridine rings is 1. The number of piperazine rings is 1. The molecule has 0 radical (unpaired) electrons. The number of anilines is 1. The number of thioether (sulfide) groups is 1. The Hall–Kier alpha value is -3.79. The largest absolute Gasteiger partial charge is 0.353 e. The van der Waals surface area contributed by atoms with Gasteiger partial charge in [0, 0.05) is 45.5 Å². The van der Waals surface area contributed by atoms with E-state index in [1.165, 1.54) is 17.3 Å². The molecule has 1 amide bonds. The number of aryl methyl sites for hydroxylation is 1. The summed E-state index contributed by atoms with van der Waals surface area (Å²) in [7, 11) is 0. The van der Waals surface area contributed by atoms with Gasteiger partial charge in [-0.05, 0) is 42.2 Å². The molecule has 0 bridgehead atoms. The first-order valence-corrected chi connectivity index (χ1v) is 15.0. The summed E-state index contributed by atoms with van der Waals surface area (Å²) in [4.78, 5) is 39.0. The number of carbonyl (C=O) groups is 1. The normalized spacial score (nSPS) is 17.2. The molecule has 0 atom stereocenters. The van der Waals surface area contributed by atoms with E-state index in [1.807, 2.05) is 55.5 Å². The zero-order valence-corrected chi connectivity index (χ0v) is 24.5. The molecule has 0 spiro atoms. The lowest BCUT2D eigenvalue weighted by Crippen LogP contribution is -2.47. The molecule has 208 valence electrons. The Morgan fingerprint density at radius 1 is 0.902 bits per heavy atom. The van der Waals surface area contributed by atoms with Gasteiger partial charge in [0.25, 0.3) is 11.5 Å².